The molecule has 0 saturated carbocycles. The third-order valence-electron chi connectivity index (χ3n) is 9.47. The van der Waals surface area contributed by atoms with Crippen molar-refractivity contribution in [3.8, 4) is 0 Å². The molecule has 1 rings (SSSR count). The van der Waals surface area contributed by atoms with Gasteiger partial charge in [-0.25, -0.2) is 0 Å². The molecule has 0 bridgehead atoms. The number of primary amides is 2. The summed E-state index contributed by atoms with van der Waals surface area (Å²) in [5.74, 6) is -3.90. The Balaban J connectivity index is 0. The number of nitrogens with zero attached hydrogens (tertiary/aromatic N) is 4. The number of rotatable bonds is 29. The molecule has 66 heavy (non-hydrogen) atoms. The number of carbonyl (C=O) groups excluding carboxylic acids is 8. The Morgan fingerprint density at radius 3 is 1.29 bits per heavy atom. The Hall–Kier alpha value is -3.62. The lowest BCUT2D eigenvalue weighted by Gasteiger charge is -2.23. The average Bonchev–Trinajstić information content (AvgIpc) is 3.50. The summed E-state index contributed by atoms with van der Waals surface area (Å²) in [5, 5.41) is 5.18. The lowest BCUT2D eigenvalue weighted by Crippen LogP contribution is -2.45. The van der Waals surface area contributed by atoms with Crippen molar-refractivity contribution in [1.82, 2.24) is 30.2 Å². The number of amides is 8. The zero-order chi connectivity index (χ0) is 51.2. The Labute approximate surface area is 395 Å². The highest BCUT2D eigenvalue weighted by Gasteiger charge is 2.42. The molecule has 0 aromatic rings. The molecule has 1 aliphatic heterocycles. The van der Waals surface area contributed by atoms with Gasteiger partial charge >= 0.3 is 7.60 Å². The number of carbonyl (C=O) groups is 8. The monoisotopic (exact) mass is 964 g/mol. The number of nitrogens with two attached hydrogens (primary N) is 2. The van der Waals surface area contributed by atoms with E-state index in [2.05, 4.69) is 10.6 Å². The van der Waals surface area contributed by atoms with Gasteiger partial charge < -0.3 is 60.7 Å². The van der Waals surface area contributed by atoms with Crippen LogP contribution in [0.1, 0.15) is 46.5 Å². The summed E-state index contributed by atoms with van der Waals surface area (Å²) in [6.45, 7) is 8.67. The Morgan fingerprint density at radius 2 is 1.00 bits per heavy atom. The van der Waals surface area contributed by atoms with Crippen LogP contribution in [0, 0.1) is 11.8 Å². The van der Waals surface area contributed by atoms with E-state index in [4.69, 9.17) is 64.9 Å². The molecule has 1 aliphatic rings. The van der Waals surface area contributed by atoms with E-state index in [0.29, 0.717) is 13.1 Å². The predicted molar refractivity (Wildman–Crippen MR) is 252 cm³/mol. The van der Waals surface area contributed by atoms with E-state index >= 15 is 0 Å². The largest absolute Gasteiger partial charge is 0.382 e. The van der Waals surface area contributed by atoms with Crippen LogP contribution >= 0.6 is 15.0 Å². The first-order valence-corrected chi connectivity index (χ1v) is 25.7. The standard InChI is InChI=1S/2C14H24B2N4O4.C9H19BO6P2/c2*1-2-3-5-19(13(23)7-15)10-12(22)18-4-6-20(9-11(17)21)14(24)8-16;1-6-7(5-17(2,11)12)8(16-9(6)10)4-15-18(3,13)14/h2*2-10H2,1H3,(H2,17,21)(H,18,22);6-9H,4-5H2,1-3H3,(H,11,12)(H,13,14)/t;;6?,7?,8-,9-/m..1/s1. The minimum atomic E-state index is -3.59. The molecule has 6 atom stereocenters. The highest BCUT2D eigenvalue weighted by molar-refractivity contribution is 7.57. The predicted octanol–water partition coefficient (Wildman–Crippen LogP) is -2.70. The van der Waals surface area contributed by atoms with Crippen LogP contribution in [0.5, 0.6) is 0 Å². The molecule has 0 aliphatic carbocycles. The summed E-state index contributed by atoms with van der Waals surface area (Å²) in [6, 6.07) is -0.551. The molecule has 29 heteroatoms. The molecule has 1 saturated heterocycles. The summed E-state index contributed by atoms with van der Waals surface area (Å²) in [6.07, 6.45) is 2.04. The Bertz CT molecular complexity index is 1570. The molecule has 8 amide bonds. The highest BCUT2D eigenvalue weighted by Crippen LogP contribution is 2.46. The number of hydrogen-bond acceptors (Lipinski definition) is 12. The van der Waals surface area contributed by atoms with E-state index < -0.39 is 50.7 Å². The van der Waals surface area contributed by atoms with Crippen LogP contribution in [0.15, 0.2) is 0 Å². The zero-order valence-corrected chi connectivity index (χ0v) is 40.8. The van der Waals surface area contributed by atoms with Gasteiger partial charge in [0.15, 0.2) is 7.37 Å². The molecular formula is C37H67B5N8O14P2. The molecule has 0 aromatic carbocycles. The first-order valence-electron chi connectivity index (χ1n) is 21.4. The van der Waals surface area contributed by atoms with Crippen molar-refractivity contribution in [1.29, 1.82) is 0 Å². The SMILES string of the molecule is [B]CC(=O)N(CCNC(=O)CN(CCCC)C(=O)C[B])CC(N)=O.[B]CC(=O)N(CCNC(=O)CN(CCCC)C(=O)C[B])CC(N)=O.[B][C@@H]1O[C@H](COP(C)(=O)O)C(CP(C)(=O)O)C1C. The van der Waals surface area contributed by atoms with E-state index in [9.17, 15) is 52.4 Å². The van der Waals surface area contributed by atoms with E-state index in [-0.39, 0.29) is 126 Å². The van der Waals surface area contributed by atoms with Crippen LogP contribution in [0.25, 0.3) is 0 Å². The fraction of sp³-hybridized carbons (Fsp3) is 0.784. The maximum atomic E-state index is 11.9. The van der Waals surface area contributed by atoms with Crippen LogP contribution in [0.2, 0.25) is 25.3 Å². The average molecular weight is 964 g/mol. The molecule has 0 aromatic heterocycles. The van der Waals surface area contributed by atoms with Crippen LogP contribution in [0.3, 0.4) is 0 Å². The normalized spacial score (nSPS) is 18.0. The summed E-state index contributed by atoms with van der Waals surface area (Å²) in [5.41, 5.74) is 10.1. The lowest BCUT2D eigenvalue weighted by atomic mass is 9.82. The van der Waals surface area contributed by atoms with Crippen molar-refractivity contribution < 1.29 is 66.5 Å². The van der Waals surface area contributed by atoms with Gasteiger partial charge in [-0.05, 0) is 44.0 Å². The molecule has 1 fully saturated rings. The molecule has 1 heterocycles. The lowest BCUT2D eigenvalue weighted by molar-refractivity contribution is -0.135. The van der Waals surface area contributed by atoms with Crippen LogP contribution in [-0.2, 0) is 56.7 Å². The number of nitrogens with one attached hydrogen (secondary N) is 2. The number of unbranched alkanes of at least 4 members (excludes halogenated alkanes) is 2. The first kappa shape index (κ1) is 64.5. The van der Waals surface area contributed by atoms with Crippen molar-refractivity contribution in [2.45, 2.75) is 83.8 Å². The second-order valence-corrected chi connectivity index (χ2v) is 19.7. The summed E-state index contributed by atoms with van der Waals surface area (Å²) in [4.78, 5) is 116. The van der Waals surface area contributed by atoms with Gasteiger partial charge in [-0.1, -0.05) is 33.6 Å². The van der Waals surface area contributed by atoms with Crippen LogP contribution in [0.4, 0.5) is 0 Å². The van der Waals surface area contributed by atoms with Gasteiger partial charge in [0.1, 0.15) is 7.85 Å². The van der Waals surface area contributed by atoms with Gasteiger partial charge in [0.2, 0.25) is 47.3 Å². The molecular weight excluding hydrogens is 896 g/mol. The van der Waals surface area contributed by atoms with Gasteiger partial charge in [-0.3, -0.25) is 47.5 Å². The molecule has 0 spiro atoms. The van der Waals surface area contributed by atoms with Gasteiger partial charge in [0.25, 0.3) is 0 Å². The molecule has 22 nitrogen and oxygen atoms in total. The zero-order valence-electron chi connectivity index (χ0n) is 39.0. The van der Waals surface area contributed by atoms with Crippen molar-refractivity contribution in [3.63, 3.8) is 0 Å². The van der Waals surface area contributed by atoms with E-state index in [1.165, 1.54) is 26.3 Å². The van der Waals surface area contributed by atoms with Crippen LogP contribution in [-0.4, -0.2) is 220 Å². The Morgan fingerprint density at radius 1 is 0.652 bits per heavy atom. The summed E-state index contributed by atoms with van der Waals surface area (Å²) < 4.78 is 32.8. The van der Waals surface area contributed by atoms with Crippen molar-refractivity contribution >= 4 is 101 Å². The minimum absolute atomic E-state index is 0.0648. The van der Waals surface area contributed by atoms with Gasteiger partial charge in [0, 0.05) is 70.7 Å². The second kappa shape index (κ2) is 34.6. The molecule has 10 radical (unpaired) electrons. The number of ether oxygens (including phenoxy) is 1. The molecule has 364 valence electrons. The maximum Gasteiger partial charge on any atom is 0.325 e. The summed E-state index contributed by atoms with van der Waals surface area (Å²) in [7, 11) is 20.1. The van der Waals surface area contributed by atoms with Crippen molar-refractivity contribution in [3.05, 3.63) is 0 Å². The minimum Gasteiger partial charge on any atom is -0.382 e. The quantitative estimate of drug-likeness (QED) is 0.0329. The summed E-state index contributed by atoms with van der Waals surface area (Å²) >= 11 is 0. The van der Waals surface area contributed by atoms with Crippen LogP contribution < -0.4 is 22.1 Å². The van der Waals surface area contributed by atoms with Gasteiger partial charge in [-0.15, -0.1) is 0 Å². The molecule has 8 N–H and O–H groups in total. The topological polar surface area (TPSA) is 319 Å². The number of hydrogen-bond donors (Lipinski definition) is 6. The van der Waals surface area contributed by atoms with E-state index in [1.807, 2.05) is 20.8 Å². The van der Waals surface area contributed by atoms with E-state index in [0.717, 1.165) is 32.3 Å². The third kappa shape index (κ3) is 30.6. The van der Waals surface area contributed by atoms with E-state index in [1.54, 1.807) is 0 Å². The fourth-order valence-electron chi connectivity index (χ4n) is 5.94. The van der Waals surface area contributed by atoms with Gasteiger partial charge in [0.05, 0.1) is 70.3 Å². The first-order chi connectivity index (χ1) is 30.7. The third-order valence-corrected chi connectivity index (χ3v) is 11.2. The smallest absolute Gasteiger partial charge is 0.325 e. The second-order valence-electron chi connectivity index (χ2n) is 15.4. The van der Waals surface area contributed by atoms with Crippen molar-refractivity contribution in [2.75, 3.05) is 91.5 Å². The van der Waals surface area contributed by atoms with Gasteiger partial charge in [-0.2, -0.15) is 0 Å². The Kier molecular flexibility index (Phi) is 33.8. The molecule has 4 unspecified atom stereocenters. The van der Waals surface area contributed by atoms with Crippen molar-refractivity contribution in [2.24, 2.45) is 23.3 Å². The fourth-order valence-corrected chi connectivity index (χ4v) is 7.71. The maximum absolute atomic E-state index is 11.9. The highest BCUT2D eigenvalue weighted by atomic mass is 31.2.